The highest BCUT2D eigenvalue weighted by atomic mass is 19.4. The molecule has 0 radical (unpaired) electrons. The maximum atomic E-state index is 16.3. The third kappa shape index (κ3) is 9.41. The van der Waals surface area contributed by atoms with E-state index in [1.165, 1.54) is 49.9 Å². The van der Waals surface area contributed by atoms with Crippen molar-refractivity contribution in [3.05, 3.63) is 53.3 Å². The third-order valence-corrected chi connectivity index (χ3v) is 5.33. The van der Waals surface area contributed by atoms with Crippen LogP contribution in [0.5, 0.6) is 0 Å². The van der Waals surface area contributed by atoms with Crippen molar-refractivity contribution in [2.24, 2.45) is 5.41 Å². The highest BCUT2D eigenvalue weighted by Gasteiger charge is 2.35. The fourth-order valence-corrected chi connectivity index (χ4v) is 3.72. The highest BCUT2D eigenvalue weighted by Crippen LogP contribution is 2.38. The van der Waals surface area contributed by atoms with Crippen LogP contribution in [0.3, 0.4) is 0 Å². The van der Waals surface area contributed by atoms with Crippen molar-refractivity contribution in [2.45, 2.75) is 66.3 Å². The molecule has 0 spiro atoms. The summed E-state index contributed by atoms with van der Waals surface area (Å²) in [6.07, 6.45) is -2.38. The molecule has 2 rings (SSSR count). The first-order chi connectivity index (χ1) is 18.7. The first kappa shape index (κ1) is 32.9. The molecule has 0 aliphatic heterocycles. The molecule has 0 bridgehead atoms. The highest BCUT2D eigenvalue weighted by molar-refractivity contribution is 6.13. The second kappa shape index (κ2) is 12.5. The molecule has 2 aromatic rings. The maximum absolute atomic E-state index is 16.3. The fourth-order valence-electron chi connectivity index (χ4n) is 3.72. The van der Waals surface area contributed by atoms with Crippen molar-refractivity contribution in [3.63, 3.8) is 0 Å². The predicted molar refractivity (Wildman–Crippen MR) is 147 cm³/mol. The van der Waals surface area contributed by atoms with E-state index >= 15 is 4.39 Å². The van der Waals surface area contributed by atoms with Gasteiger partial charge in [-0.2, -0.15) is 18.1 Å². The van der Waals surface area contributed by atoms with Gasteiger partial charge in [0.1, 0.15) is 11.3 Å². The van der Waals surface area contributed by atoms with E-state index in [4.69, 9.17) is 11.2 Å². The molecule has 0 saturated carbocycles. The molecule has 0 saturated heterocycles. The summed E-state index contributed by atoms with van der Waals surface area (Å²) in [6.45, 7) is 9.45. The number of terminal acetylenes is 1. The molecule has 41 heavy (non-hydrogen) atoms. The van der Waals surface area contributed by atoms with E-state index in [2.05, 4.69) is 11.2 Å². The lowest BCUT2D eigenvalue weighted by Crippen LogP contribution is -2.41. The topological polar surface area (TPSA) is 99.2 Å². The van der Waals surface area contributed by atoms with Crippen LogP contribution in [-0.4, -0.2) is 35.3 Å². The Kier molecular flexibility index (Phi) is 10.0. The number of alkyl halides is 3. The molecule has 222 valence electrons. The number of hydrogen-bond acceptors (Lipinski definition) is 5. The zero-order chi connectivity index (χ0) is 31.3. The van der Waals surface area contributed by atoms with E-state index in [1.807, 2.05) is 0 Å². The summed E-state index contributed by atoms with van der Waals surface area (Å²) in [6, 6.07) is 6.58. The summed E-state index contributed by atoms with van der Waals surface area (Å²) < 4.78 is 60.4. The largest absolute Gasteiger partial charge is 0.464 e. The third-order valence-electron chi connectivity index (χ3n) is 5.33. The van der Waals surface area contributed by atoms with Crippen LogP contribution in [0.1, 0.15) is 59.1 Å². The van der Waals surface area contributed by atoms with Crippen LogP contribution in [0.4, 0.5) is 44.2 Å². The first-order valence-corrected chi connectivity index (χ1v) is 12.5. The Morgan fingerprint density at radius 2 is 1.59 bits per heavy atom. The van der Waals surface area contributed by atoms with Crippen LogP contribution < -0.4 is 15.1 Å². The Labute approximate surface area is 236 Å². The van der Waals surface area contributed by atoms with Crippen LogP contribution in [0.25, 0.3) is 0 Å². The van der Waals surface area contributed by atoms with Crippen molar-refractivity contribution in [2.75, 3.05) is 21.7 Å². The van der Waals surface area contributed by atoms with Crippen LogP contribution in [0.2, 0.25) is 0 Å². The number of hydrogen-bond donors (Lipinski definition) is 2. The smallest absolute Gasteiger partial charge is 0.424 e. The van der Waals surface area contributed by atoms with Crippen LogP contribution in [-0.2, 0) is 22.3 Å². The van der Waals surface area contributed by atoms with Gasteiger partial charge in [0.2, 0.25) is 5.91 Å². The monoisotopic (exact) mass is 579 g/mol. The van der Waals surface area contributed by atoms with Gasteiger partial charge in [0.05, 0.1) is 23.5 Å². The van der Waals surface area contributed by atoms with E-state index in [1.54, 1.807) is 20.8 Å². The number of anilines is 3. The van der Waals surface area contributed by atoms with Crippen molar-refractivity contribution < 1.29 is 41.8 Å². The number of nitrogens with one attached hydrogen (secondary N) is 1. The molecule has 0 aliphatic rings. The van der Waals surface area contributed by atoms with Crippen molar-refractivity contribution >= 4 is 35.2 Å². The normalized spacial score (nSPS) is 11.8. The summed E-state index contributed by atoms with van der Waals surface area (Å²) in [5.41, 5.74) is -3.52. The Morgan fingerprint density at radius 3 is 2.05 bits per heavy atom. The van der Waals surface area contributed by atoms with Gasteiger partial charge in [-0.15, -0.1) is 6.42 Å². The molecular weight excluding hydrogens is 546 g/mol. The number of ether oxygens (including phenoxy) is 1. The molecule has 3 amide bonds. The average molecular weight is 580 g/mol. The molecule has 0 unspecified atom stereocenters. The van der Waals surface area contributed by atoms with E-state index < -0.39 is 52.4 Å². The molecule has 2 N–H and O–H groups in total. The predicted octanol–water partition coefficient (Wildman–Crippen LogP) is 7.28. The minimum atomic E-state index is -4.55. The number of rotatable bonds is 7. The number of imide groups is 1. The van der Waals surface area contributed by atoms with E-state index in [0.29, 0.717) is 5.56 Å². The van der Waals surface area contributed by atoms with E-state index in [9.17, 15) is 32.7 Å². The van der Waals surface area contributed by atoms with Crippen LogP contribution in [0, 0.1) is 23.6 Å². The molecular formula is C29H33F4N3O5. The summed E-state index contributed by atoms with van der Waals surface area (Å²) in [7, 11) is 0. The summed E-state index contributed by atoms with van der Waals surface area (Å²) in [5, 5.41) is 12.4. The van der Waals surface area contributed by atoms with Gasteiger partial charge in [0.15, 0.2) is 5.82 Å². The number of halogens is 4. The zero-order valence-corrected chi connectivity index (χ0v) is 23.6. The molecule has 0 aliphatic carbocycles. The molecule has 0 atom stereocenters. The van der Waals surface area contributed by atoms with Gasteiger partial charge in [0, 0.05) is 13.0 Å². The van der Waals surface area contributed by atoms with Gasteiger partial charge in [0.25, 0.3) is 0 Å². The number of carbonyl (C=O) groups excluding carboxylic acids is 2. The molecule has 0 heterocycles. The Balaban J connectivity index is 2.67. The zero-order valence-electron chi connectivity index (χ0n) is 23.6. The molecule has 2 aromatic carbocycles. The molecule has 0 aromatic heterocycles. The summed E-state index contributed by atoms with van der Waals surface area (Å²) >= 11 is 0. The minimum absolute atomic E-state index is 0.00748. The molecule has 8 nitrogen and oxygen atoms in total. The average Bonchev–Trinajstić information content (AvgIpc) is 2.78. The molecule has 0 fully saturated rings. The minimum Gasteiger partial charge on any atom is -0.464 e. The summed E-state index contributed by atoms with van der Waals surface area (Å²) in [5.74, 6) is 0.543. The Morgan fingerprint density at radius 1 is 1.00 bits per heavy atom. The summed E-state index contributed by atoms with van der Waals surface area (Å²) in [4.78, 5) is 39.2. The van der Waals surface area contributed by atoms with Gasteiger partial charge in [-0.1, -0.05) is 38.8 Å². The van der Waals surface area contributed by atoms with Crippen molar-refractivity contribution in [1.82, 2.24) is 0 Å². The standard InChI is InChI=1S/C29H33F4N3O5/c1-8-15-35(17-18-9-11-19(12-10-18)29(31,32)33)21-14-13-20(34-22(37)16-27(2,3)4)24(23(21)30)36(25(38)39)26(40)41-28(5,6)7/h1,9-14H,15-17H2,2-7H3,(H,34,37)(H,38,39). The molecule has 12 heteroatoms. The second-order valence-corrected chi connectivity index (χ2v) is 11.4. The van der Waals surface area contributed by atoms with Gasteiger partial charge in [-0.3, -0.25) is 4.79 Å². The fraction of sp³-hybridized carbons (Fsp3) is 0.414. The van der Waals surface area contributed by atoms with Crippen LogP contribution >= 0.6 is 0 Å². The number of amides is 3. The maximum Gasteiger partial charge on any atom is 0.424 e. The lowest BCUT2D eigenvalue weighted by atomic mass is 9.92. The van der Waals surface area contributed by atoms with Gasteiger partial charge < -0.3 is 20.1 Å². The number of carbonyl (C=O) groups is 3. The Bertz CT molecular complexity index is 1320. The Hall–Kier alpha value is -4.27. The van der Waals surface area contributed by atoms with Crippen molar-refractivity contribution in [3.8, 4) is 12.3 Å². The number of nitrogens with zero attached hydrogens (tertiary/aromatic N) is 2. The van der Waals surface area contributed by atoms with Gasteiger partial charge in [-0.05, 0) is 56.0 Å². The lowest BCUT2D eigenvalue weighted by Gasteiger charge is -2.29. The number of benzene rings is 2. The van der Waals surface area contributed by atoms with Crippen molar-refractivity contribution in [1.29, 1.82) is 0 Å². The quantitative estimate of drug-likeness (QED) is 0.264. The SMILES string of the molecule is C#CCN(Cc1ccc(C(F)(F)F)cc1)c1ccc(NC(=O)CC(C)(C)C)c(N(C(=O)O)C(=O)OC(C)(C)C)c1F. The second-order valence-electron chi connectivity index (χ2n) is 11.4. The first-order valence-electron chi connectivity index (χ1n) is 12.5. The van der Waals surface area contributed by atoms with E-state index in [0.717, 1.165) is 12.1 Å². The van der Waals surface area contributed by atoms with Gasteiger partial charge in [-0.25, -0.2) is 14.0 Å². The van der Waals surface area contributed by atoms with E-state index in [-0.39, 0.29) is 35.8 Å². The lowest BCUT2D eigenvalue weighted by molar-refractivity contribution is -0.137. The van der Waals surface area contributed by atoms with Crippen LogP contribution in [0.15, 0.2) is 36.4 Å². The number of carboxylic acid groups (broad SMARTS) is 1. The van der Waals surface area contributed by atoms with Gasteiger partial charge >= 0.3 is 18.4 Å².